The van der Waals surface area contributed by atoms with Crippen LogP contribution in [0.1, 0.15) is 43.8 Å². The van der Waals surface area contributed by atoms with Crippen LogP contribution in [0.15, 0.2) is 63.9 Å². The topological polar surface area (TPSA) is 67.5 Å². The van der Waals surface area contributed by atoms with Crippen LogP contribution in [0, 0.1) is 12.8 Å². The number of aromatic hydroxyl groups is 1. The zero-order valence-electron chi connectivity index (χ0n) is 15.0. The second-order valence-corrected chi connectivity index (χ2v) is 5.11. The summed E-state index contributed by atoms with van der Waals surface area (Å²) in [5, 5.41) is 9.74. The number of aryl methyl sites for hydroxylation is 1. The van der Waals surface area contributed by atoms with Crippen molar-refractivity contribution < 1.29 is 14.3 Å². The van der Waals surface area contributed by atoms with Gasteiger partial charge in [-0.05, 0) is 24.5 Å². The number of ketones is 1. The van der Waals surface area contributed by atoms with E-state index in [4.69, 9.17) is 4.42 Å². The minimum absolute atomic E-state index is 0.248. The third-order valence-corrected chi connectivity index (χ3v) is 2.68. The maximum atomic E-state index is 12.1. The highest BCUT2D eigenvalue weighted by Crippen LogP contribution is 2.16. The SMILES string of the molecule is C=C\C=C/C(/C=C/C(=O)c1c(O)cc(C)oc1=O)=C\C(C)C.CC. The molecule has 24 heavy (non-hydrogen) atoms. The van der Waals surface area contributed by atoms with Crippen molar-refractivity contribution in [2.24, 2.45) is 5.92 Å². The first-order valence-corrected chi connectivity index (χ1v) is 7.92. The van der Waals surface area contributed by atoms with E-state index in [1.807, 2.05) is 33.8 Å². The second-order valence-electron chi connectivity index (χ2n) is 5.11. The largest absolute Gasteiger partial charge is 0.507 e. The van der Waals surface area contributed by atoms with Gasteiger partial charge < -0.3 is 9.52 Å². The first kappa shape index (κ1) is 21.4. The summed E-state index contributed by atoms with van der Waals surface area (Å²) >= 11 is 0. The molecule has 0 fully saturated rings. The molecule has 0 atom stereocenters. The Hall–Kier alpha value is -2.62. The Morgan fingerprint density at radius 3 is 2.38 bits per heavy atom. The van der Waals surface area contributed by atoms with Gasteiger partial charge in [-0.15, -0.1) is 0 Å². The van der Waals surface area contributed by atoms with Gasteiger partial charge in [0.05, 0.1) is 0 Å². The number of hydrogen-bond donors (Lipinski definition) is 1. The van der Waals surface area contributed by atoms with Gasteiger partial charge in [-0.1, -0.05) is 64.7 Å². The number of rotatable bonds is 6. The Bertz CT molecular complexity index is 701. The number of carbonyl (C=O) groups is 1. The fourth-order valence-electron chi connectivity index (χ4n) is 1.81. The number of hydrogen-bond acceptors (Lipinski definition) is 4. The summed E-state index contributed by atoms with van der Waals surface area (Å²) in [6, 6.07) is 1.24. The molecule has 0 aromatic carbocycles. The predicted octanol–water partition coefficient (Wildman–Crippen LogP) is 4.74. The van der Waals surface area contributed by atoms with Crippen LogP contribution in [0.25, 0.3) is 0 Å². The lowest BCUT2D eigenvalue weighted by Crippen LogP contribution is -2.13. The highest BCUT2D eigenvalue weighted by atomic mass is 16.4. The van der Waals surface area contributed by atoms with Crippen LogP contribution in [-0.2, 0) is 0 Å². The van der Waals surface area contributed by atoms with Crippen molar-refractivity contribution >= 4 is 5.78 Å². The molecule has 0 saturated carbocycles. The zero-order valence-corrected chi connectivity index (χ0v) is 15.0. The van der Waals surface area contributed by atoms with Gasteiger partial charge in [-0.25, -0.2) is 4.79 Å². The van der Waals surface area contributed by atoms with Gasteiger partial charge in [0.15, 0.2) is 5.78 Å². The summed E-state index contributed by atoms with van der Waals surface area (Å²) in [5.41, 5.74) is -0.402. The van der Waals surface area contributed by atoms with Crippen LogP contribution < -0.4 is 5.63 Å². The number of carbonyl (C=O) groups excluding carboxylic acids is 1. The maximum Gasteiger partial charge on any atom is 0.351 e. The summed E-state index contributed by atoms with van der Waals surface area (Å²) in [6.45, 7) is 13.1. The van der Waals surface area contributed by atoms with Gasteiger partial charge in [0.1, 0.15) is 17.1 Å². The summed E-state index contributed by atoms with van der Waals surface area (Å²) in [5.74, 6) is -0.438. The lowest BCUT2D eigenvalue weighted by atomic mass is 10.1. The minimum atomic E-state index is -0.844. The molecular formula is C20H26O4. The molecule has 0 aliphatic rings. The molecule has 0 bridgehead atoms. The summed E-state index contributed by atoms with van der Waals surface area (Å²) in [7, 11) is 0. The van der Waals surface area contributed by atoms with E-state index < -0.39 is 11.4 Å². The van der Waals surface area contributed by atoms with Crippen molar-refractivity contribution in [3.63, 3.8) is 0 Å². The molecule has 0 aliphatic heterocycles. The summed E-state index contributed by atoms with van der Waals surface area (Å²) in [6.07, 6.45) is 9.96. The minimum Gasteiger partial charge on any atom is -0.507 e. The first-order valence-electron chi connectivity index (χ1n) is 7.92. The number of allylic oxidation sites excluding steroid dienone is 7. The average Bonchev–Trinajstić information content (AvgIpc) is 2.50. The summed E-state index contributed by atoms with van der Waals surface area (Å²) < 4.78 is 4.83. The monoisotopic (exact) mass is 330 g/mol. The predicted molar refractivity (Wildman–Crippen MR) is 98.5 cm³/mol. The van der Waals surface area contributed by atoms with Gasteiger partial charge in [-0.2, -0.15) is 0 Å². The highest BCUT2D eigenvalue weighted by molar-refractivity contribution is 6.06. The van der Waals surface area contributed by atoms with Crippen LogP contribution >= 0.6 is 0 Å². The molecular weight excluding hydrogens is 304 g/mol. The lowest BCUT2D eigenvalue weighted by Gasteiger charge is -2.01. The fraction of sp³-hybridized carbons (Fsp3) is 0.300. The van der Waals surface area contributed by atoms with Crippen LogP contribution in [0.5, 0.6) is 5.75 Å². The maximum absolute atomic E-state index is 12.1. The third kappa shape index (κ3) is 7.09. The van der Waals surface area contributed by atoms with Crippen molar-refractivity contribution in [3.8, 4) is 5.75 Å². The van der Waals surface area contributed by atoms with E-state index in [9.17, 15) is 14.7 Å². The lowest BCUT2D eigenvalue weighted by molar-refractivity contribution is 0.104. The van der Waals surface area contributed by atoms with Crippen LogP contribution in [0.3, 0.4) is 0 Å². The van der Waals surface area contributed by atoms with Crippen molar-refractivity contribution in [2.75, 3.05) is 0 Å². The van der Waals surface area contributed by atoms with Gasteiger partial charge in [-0.3, -0.25) is 4.79 Å². The molecule has 0 radical (unpaired) electrons. The van der Waals surface area contributed by atoms with Crippen LogP contribution in [0.4, 0.5) is 0 Å². The van der Waals surface area contributed by atoms with E-state index in [1.165, 1.54) is 19.1 Å². The van der Waals surface area contributed by atoms with Gasteiger partial charge >= 0.3 is 5.63 Å². The fourth-order valence-corrected chi connectivity index (χ4v) is 1.81. The van der Waals surface area contributed by atoms with Crippen molar-refractivity contribution in [3.05, 3.63) is 76.4 Å². The van der Waals surface area contributed by atoms with Gasteiger partial charge in [0.25, 0.3) is 0 Å². The van der Waals surface area contributed by atoms with Crippen LogP contribution in [0.2, 0.25) is 0 Å². The molecule has 0 unspecified atom stereocenters. The molecule has 1 rings (SSSR count). The first-order chi connectivity index (χ1) is 11.3. The van der Waals surface area contributed by atoms with E-state index >= 15 is 0 Å². The Balaban J connectivity index is 0.00000254. The average molecular weight is 330 g/mol. The van der Waals surface area contributed by atoms with Crippen LogP contribution in [-0.4, -0.2) is 10.9 Å². The Morgan fingerprint density at radius 2 is 1.88 bits per heavy atom. The highest BCUT2D eigenvalue weighted by Gasteiger charge is 2.15. The van der Waals surface area contributed by atoms with E-state index in [0.29, 0.717) is 5.92 Å². The van der Waals surface area contributed by atoms with Crippen molar-refractivity contribution in [1.29, 1.82) is 0 Å². The summed E-state index contributed by atoms with van der Waals surface area (Å²) in [4.78, 5) is 23.8. The molecule has 0 amide bonds. The zero-order chi connectivity index (χ0) is 18.7. The molecule has 0 aliphatic carbocycles. The van der Waals surface area contributed by atoms with Gasteiger partial charge in [0, 0.05) is 6.07 Å². The smallest absolute Gasteiger partial charge is 0.351 e. The van der Waals surface area contributed by atoms with E-state index in [-0.39, 0.29) is 17.1 Å². The third-order valence-electron chi connectivity index (χ3n) is 2.68. The second kappa shape index (κ2) is 11.0. The Labute approximate surface area is 143 Å². The van der Waals surface area contributed by atoms with Crippen molar-refractivity contribution in [2.45, 2.75) is 34.6 Å². The van der Waals surface area contributed by atoms with Crippen molar-refractivity contribution in [1.82, 2.24) is 0 Å². The van der Waals surface area contributed by atoms with E-state index in [0.717, 1.165) is 5.57 Å². The standard InChI is InChI=1S/C18H20O4.C2H6/c1-5-6-7-14(10-12(2)3)8-9-15(19)17-16(20)11-13(4)22-18(17)21;1-2/h5-12,20H,1H2,2-4H3;1-2H3/b7-6-,9-8+,14-10+;. The quantitative estimate of drug-likeness (QED) is 0.464. The van der Waals surface area contributed by atoms with E-state index in [2.05, 4.69) is 6.58 Å². The Kier molecular flexibility index (Phi) is 9.80. The normalized spacial score (nSPS) is 11.7. The molecule has 0 spiro atoms. The molecule has 1 N–H and O–H groups in total. The molecule has 1 aromatic heterocycles. The molecule has 1 aromatic rings. The molecule has 1 heterocycles. The Morgan fingerprint density at radius 1 is 1.25 bits per heavy atom. The molecule has 0 saturated heterocycles. The van der Waals surface area contributed by atoms with Gasteiger partial charge in [0.2, 0.25) is 0 Å². The molecule has 130 valence electrons. The van der Waals surface area contributed by atoms with E-state index in [1.54, 1.807) is 24.3 Å². The molecule has 4 heteroatoms. The molecule has 4 nitrogen and oxygen atoms in total.